The maximum atomic E-state index is 13.3. The van der Waals surface area contributed by atoms with Crippen LogP contribution in [0.5, 0.6) is 0 Å². The predicted octanol–water partition coefficient (Wildman–Crippen LogP) is 2.70. The number of pyridine rings is 2. The Kier molecular flexibility index (Phi) is 6.32. The van der Waals surface area contributed by atoms with E-state index in [2.05, 4.69) is 35.4 Å². The van der Waals surface area contributed by atoms with Gasteiger partial charge in [-0.3, -0.25) is 4.79 Å². The molecule has 10 heteroatoms. The molecular weight excluding hydrogens is 442 g/mol. The molecule has 2 fully saturated rings. The van der Waals surface area contributed by atoms with E-state index in [1.165, 1.54) is 18.3 Å². The highest BCUT2D eigenvalue weighted by atomic mass is 32.2. The van der Waals surface area contributed by atoms with E-state index in [4.69, 9.17) is 15.5 Å². The Morgan fingerprint density at radius 2 is 1.94 bits per heavy atom. The minimum atomic E-state index is -4.20. The summed E-state index contributed by atoms with van der Waals surface area (Å²) in [6, 6.07) is 6.28. The first-order chi connectivity index (χ1) is 15.6. The van der Waals surface area contributed by atoms with Gasteiger partial charge in [0.05, 0.1) is 5.56 Å². The Morgan fingerprint density at radius 1 is 1.21 bits per heavy atom. The molecule has 0 aromatic carbocycles. The lowest BCUT2D eigenvalue weighted by Gasteiger charge is -2.37. The standard InChI is InChI=1S/C23H31N5O4S/c1-15-8-12-28(23(15,2)3)21-17(6-7-18(26-21)16-9-13-32-14-10-16)22(29)27-33(30,31)19-5-4-11-25-20(19)24/h4-7,11,15-16H,8-10,12-14H2,1-3H3,(H2,24,25)(H,27,29). The summed E-state index contributed by atoms with van der Waals surface area (Å²) in [7, 11) is -4.20. The molecule has 1 atom stereocenters. The SMILES string of the molecule is CC1CCN(c2nc(C3CCOCC3)ccc2C(=O)NS(=O)(=O)c2cccnc2N)C1(C)C. The van der Waals surface area contributed by atoms with Crippen molar-refractivity contribution in [3.8, 4) is 0 Å². The fraction of sp³-hybridized carbons (Fsp3) is 0.522. The number of aromatic nitrogens is 2. The Labute approximate surface area is 194 Å². The van der Waals surface area contributed by atoms with Gasteiger partial charge in [0.1, 0.15) is 16.5 Å². The van der Waals surface area contributed by atoms with Crippen LogP contribution in [-0.2, 0) is 14.8 Å². The minimum absolute atomic E-state index is 0.166. The van der Waals surface area contributed by atoms with Crippen molar-refractivity contribution in [3.63, 3.8) is 0 Å². The quantitative estimate of drug-likeness (QED) is 0.678. The number of nitrogens with zero attached hydrogens (tertiary/aromatic N) is 3. The minimum Gasteiger partial charge on any atom is -0.383 e. The number of hydrogen-bond donors (Lipinski definition) is 2. The summed E-state index contributed by atoms with van der Waals surface area (Å²) >= 11 is 0. The predicted molar refractivity (Wildman–Crippen MR) is 126 cm³/mol. The topological polar surface area (TPSA) is 128 Å². The van der Waals surface area contributed by atoms with Crippen molar-refractivity contribution in [1.82, 2.24) is 14.7 Å². The van der Waals surface area contributed by atoms with Crippen molar-refractivity contribution < 1.29 is 17.9 Å². The van der Waals surface area contributed by atoms with Gasteiger partial charge in [-0.15, -0.1) is 0 Å². The number of ether oxygens (including phenoxy) is 1. The maximum absolute atomic E-state index is 13.3. The van der Waals surface area contributed by atoms with Gasteiger partial charge in [-0.25, -0.2) is 23.1 Å². The number of rotatable bonds is 5. The van der Waals surface area contributed by atoms with Crippen molar-refractivity contribution >= 4 is 27.6 Å². The van der Waals surface area contributed by atoms with Crippen LogP contribution < -0.4 is 15.4 Å². The largest absolute Gasteiger partial charge is 0.383 e. The van der Waals surface area contributed by atoms with E-state index in [0.29, 0.717) is 24.9 Å². The zero-order chi connectivity index (χ0) is 23.8. The Balaban J connectivity index is 1.72. The zero-order valence-corrected chi connectivity index (χ0v) is 20.1. The van der Waals surface area contributed by atoms with Crippen LogP contribution in [0.2, 0.25) is 0 Å². The molecule has 0 aliphatic carbocycles. The molecule has 2 aliphatic heterocycles. The lowest BCUT2D eigenvalue weighted by Crippen LogP contribution is -2.44. The smallest absolute Gasteiger partial charge is 0.268 e. The van der Waals surface area contributed by atoms with E-state index in [9.17, 15) is 13.2 Å². The molecule has 33 heavy (non-hydrogen) atoms. The summed E-state index contributed by atoms with van der Waals surface area (Å²) in [5.74, 6) is 0.243. The van der Waals surface area contributed by atoms with Crippen LogP contribution in [0.25, 0.3) is 0 Å². The average Bonchev–Trinajstić information content (AvgIpc) is 3.06. The lowest BCUT2D eigenvalue weighted by molar-refractivity contribution is 0.0844. The number of anilines is 2. The van der Waals surface area contributed by atoms with Gasteiger partial charge in [-0.1, -0.05) is 6.92 Å². The average molecular weight is 474 g/mol. The monoisotopic (exact) mass is 473 g/mol. The van der Waals surface area contributed by atoms with Gasteiger partial charge < -0.3 is 15.4 Å². The molecular formula is C23H31N5O4S. The molecule has 0 radical (unpaired) electrons. The van der Waals surface area contributed by atoms with E-state index in [0.717, 1.165) is 31.5 Å². The Bertz CT molecular complexity index is 1150. The number of nitrogen functional groups attached to an aromatic ring is 1. The van der Waals surface area contributed by atoms with Crippen molar-refractivity contribution in [2.75, 3.05) is 30.4 Å². The first-order valence-electron chi connectivity index (χ1n) is 11.2. The van der Waals surface area contributed by atoms with Gasteiger partial charge in [0.25, 0.3) is 15.9 Å². The van der Waals surface area contributed by atoms with Gasteiger partial charge >= 0.3 is 0 Å². The summed E-state index contributed by atoms with van der Waals surface area (Å²) < 4.78 is 33.4. The summed E-state index contributed by atoms with van der Waals surface area (Å²) in [4.78, 5) is 23.9. The molecule has 4 heterocycles. The van der Waals surface area contributed by atoms with Gasteiger partial charge in [-0.05, 0) is 63.3 Å². The van der Waals surface area contributed by atoms with Gasteiger partial charge in [0, 0.05) is 43.1 Å². The Hall–Kier alpha value is -2.72. The van der Waals surface area contributed by atoms with E-state index >= 15 is 0 Å². The second kappa shape index (κ2) is 8.90. The maximum Gasteiger partial charge on any atom is 0.268 e. The first-order valence-corrected chi connectivity index (χ1v) is 12.7. The Morgan fingerprint density at radius 3 is 2.58 bits per heavy atom. The third-order valence-electron chi connectivity index (χ3n) is 7.04. The molecule has 1 unspecified atom stereocenters. The fourth-order valence-corrected chi connectivity index (χ4v) is 5.59. The van der Waals surface area contributed by atoms with Gasteiger partial charge in [0.15, 0.2) is 0 Å². The molecule has 2 saturated heterocycles. The number of nitrogens with two attached hydrogens (primary N) is 1. The summed E-state index contributed by atoms with van der Waals surface area (Å²) in [5.41, 5.74) is 6.62. The lowest BCUT2D eigenvalue weighted by atomic mass is 9.90. The van der Waals surface area contributed by atoms with Crippen molar-refractivity contribution in [2.24, 2.45) is 5.92 Å². The molecule has 0 bridgehead atoms. The van der Waals surface area contributed by atoms with Crippen LogP contribution in [-0.4, -0.2) is 49.6 Å². The van der Waals surface area contributed by atoms with E-state index in [1.54, 1.807) is 6.07 Å². The molecule has 0 spiro atoms. The van der Waals surface area contributed by atoms with E-state index in [-0.39, 0.29) is 27.7 Å². The second-order valence-corrected chi connectivity index (χ2v) is 11.0. The molecule has 0 saturated carbocycles. The summed E-state index contributed by atoms with van der Waals surface area (Å²) in [6.07, 6.45) is 4.09. The van der Waals surface area contributed by atoms with Crippen molar-refractivity contribution in [3.05, 3.63) is 41.7 Å². The van der Waals surface area contributed by atoms with Crippen LogP contribution in [0, 0.1) is 5.92 Å². The van der Waals surface area contributed by atoms with Crippen molar-refractivity contribution in [2.45, 2.75) is 56.4 Å². The van der Waals surface area contributed by atoms with Crippen LogP contribution in [0.1, 0.15) is 62.0 Å². The zero-order valence-electron chi connectivity index (χ0n) is 19.2. The number of amides is 1. The third kappa shape index (κ3) is 4.54. The molecule has 2 aliphatic rings. The molecule has 9 nitrogen and oxygen atoms in total. The van der Waals surface area contributed by atoms with Crippen LogP contribution in [0.15, 0.2) is 35.4 Å². The number of sulfonamides is 1. The van der Waals surface area contributed by atoms with E-state index in [1.807, 2.05) is 6.07 Å². The second-order valence-electron chi connectivity index (χ2n) is 9.31. The number of carbonyl (C=O) groups is 1. The number of carbonyl (C=O) groups excluding carboxylic acids is 1. The van der Waals surface area contributed by atoms with Crippen LogP contribution in [0.4, 0.5) is 11.6 Å². The van der Waals surface area contributed by atoms with E-state index < -0.39 is 15.9 Å². The molecule has 2 aromatic heterocycles. The summed E-state index contributed by atoms with van der Waals surface area (Å²) in [5, 5.41) is 0. The number of nitrogens with one attached hydrogen (secondary N) is 1. The van der Waals surface area contributed by atoms with Crippen LogP contribution in [0.3, 0.4) is 0 Å². The molecule has 3 N–H and O–H groups in total. The fourth-order valence-electron chi connectivity index (χ4n) is 4.54. The van der Waals surface area contributed by atoms with Gasteiger partial charge in [-0.2, -0.15) is 0 Å². The molecule has 1 amide bonds. The van der Waals surface area contributed by atoms with Crippen LogP contribution >= 0.6 is 0 Å². The highest BCUT2D eigenvalue weighted by Crippen LogP contribution is 2.39. The van der Waals surface area contributed by atoms with Gasteiger partial charge in [0.2, 0.25) is 0 Å². The first kappa shape index (κ1) is 23.4. The highest BCUT2D eigenvalue weighted by Gasteiger charge is 2.41. The molecule has 2 aromatic rings. The number of hydrogen-bond acceptors (Lipinski definition) is 8. The highest BCUT2D eigenvalue weighted by molar-refractivity contribution is 7.90. The molecule has 178 valence electrons. The summed E-state index contributed by atoms with van der Waals surface area (Å²) in [6.45, 7) is 8.53. The van der Waals surface area contributed by atoms with Crippen molar-refractivity contribution in [1.29, 1.82) is 0 Å². The third-order valence-corrected chi connectivity index (χ3v) is 8.42. The normalized spacial score (nSPS) is 21.2. The molecule has 4 rings (SSSR count).